The number of nitrogens with zero attached hydrogens (tertiary/aromatic N) is 1. The molecule has 0 aliphatic heterocycles. The normalized spacial score (nSPS) is 10.3. The number of ether oxygens (including phenoxy) is 3. The SMILES string of the molecule is COc1cc(OC)c(OC)cc1C=[C-][N+](=O)[O-]. The van der Waals surface area contributed by atoms with Gasteiger partial charge in [-0.2, -0.15) is 6.08 Å². The average molecular weight is 238 g/mol. The van der Waals surface area contributed by atoms with Crippen molar-refractivity contribution in [1.29, 1.82) is 0 Å². The number of methoxy groups -OCH3 is 3. The quantitative estimate of drug-likeness (QED) is 0.338. The third kappa shape index (κ3) is 3.10. The van der Waals surface area contributed by atoms with Crippen LogP contribution >= 0.6 is 0 Å². The van der Waals surface area contributed by atoms with Crippen molar-refractivity contribution in [3.63, 3.8) is 0 Å². The van der Waals surface area contributed by atoms with Gasteiger partial charge in [0.15, 0.2) is 5.75 Å². The lowest BCUT2D eigenvalue weighted by Crippen LogP contribution is -1.95. The first-order chi connectivity index (χ1) is 8.12. The lowest BCUT2D eigenvalue weighted by Gasteiger charge is -2.16. The van der Waals surface area contributed by atoms with E-state index in [1.165, 1.54) is 27.4 Å². The first-order valence-electron chi connectivity index (χ1n) is 4.66. The molecule has 1 aromatic carbocycles. The largest absolute Gasteiger partial charge is 0.515 e. The molecule has 0 aliphatic rings. The number of hydrogen-bond acceptors (Lipinski definition) is 5. The Bertz CT molecular complexity index is 442. The van der Waals surface area contributed by atoms with E-state index >= 15 is 0 Å². The molecule has 6 heteroatoms. The van der Waals surface area contributed by atoms with Crippen molar-refractivity contribution in [3.8, 4) is 17.2 Å². The van der Waals surface area contributed by atoms with E-state index in [2.05, 4.69) is 0 Å². The molecule has 0 spiro atoms. The third-order valence-electron chi connectivity index (χ3n) is 2.06. The van der Waals surface area contributed by atoms with Crippen molar-refractivity contribution in [2.24, 2.45) is 0 Å². The highest BCUT2D eigenvalue weighted by Gasteiger charge is 2.05. The summed E-state index contributed by atoms with van der Waals surface area (Å²) in [4.78, 5) is 9.55. The highest BCUT2D eigenvalue weighted by Crippen LogP contribution is 2.35. The summed E-state index contributed by atoms with van der Waals surface area (Å²) in [6, 6.07) is 3.17. The fraction of sp³-hybridized carbons (Fsp3) is 0.273. The first-order valence-corrected chi connectivity index (χ1v) is 4.66. The van der Waals surface area contributed by atoms with Gasteiger partial charge in [0.2, 0.25) is 0 Å². The maximum Gasteiger partial charge on any atom is 0.161 e. The Morgan fingerprint density at radius 3 is 2.12 bits per heavy atom. The molecule has 0 heterocycles. The highest BCUT2D eigenvalue weighted by atomic mass is 16.6. The van der Waals surface area contributed by atoms with Crippen molar-refractivity contribution >= 4 is 6.08 Å². The summed E-state index contributed by atoms with van der Waals surface area (Å²) in [5.41, 5.74) is 0.488. The van der Waals surface area contributed by atoms with Crippen LogP contribution in [0.15, 0.2) is 12.1 Å². The summed E-state index contributed by atoms with van der Waals surface area (Å²) in [7, 11) is 4.44. The van der Waals surface area contributed by atoms with Gasteiger partial charge in [-0.25, -0.2) is 0 Å². The smallest absolute Gasteiger partial charge is 0.161 e. The van der Waals surface area contributed by atoms with Crippen LogP contribution in [0.25, 0.3) is 6.08 Å². The monoisotopic (exact) mass is 238 g/mol. The molecule has 1 rings (SSSR count). The predicted octanol–water partition coefficient (Wildman–Crippen LogP) is 1.76. The number of benzene rings is 1. The Labute approximate surface area is 98.6 Å². The molecule has 0 aromatic heterocycles. The van der Waals surface area contributed by atoms with Crippen LogP contribution < -0.4 is 14.2 Å². The van der Waals surface area contributed by atoms with Gasteiger partial charge in [0, 0.05) is 11.8 Å². The molecule has 0 bridgehead atoms. The second kappa shape index (κ2) is 5.74. The fourth-order valence-electron chi connectivity index (χ4n) is 1.29. The molecule has 1 aromatic rings. The van der Waals surface area contributed by atoms with E-state index in [-0.39, 0.29) is 0 Å². The van der Waals surface area contributed by atoms with Gasteiger partial charge in [0.25, 0.3) is 0 Å². The van der Waals surface area contributed by atoms with Crippen LogP contribution in [-0.4, -0.2) is 26.3 Å². The molecule has 92 valence electrons. The van der Waals surface area contributed by atoms with Crippen molar-refractivity contribution in [2.45, 2.75) is 0 Å². The van der Waals surface area contributed by atoms with Crippen molar-refractivity contribution < 1.29 is 19.1 Å². The summed E-state index contributed by atoms with van der Waals surface area (Å²) in [5, 5.41) is 10.2. The molecular formula is C11H12NO5-. The summed E-state index contributed by atoms with van der Waals surface area (Å²) < 4.78 is 15.3. The van der Waals surface area contributed by atoms with Crippen LogP contribution in [0.2, 0.25) is 0 Å². The van der Waals surface area contributed by atoms with Crippen LogP contribution in [0.1, 0.15) is 5.56 Å². The van der Waals surface area contributed by atoms with Crippen LogP contribution in [0.5, 0.6) is 17.2 Å². The van der Waals surface area contributed by atoms with Gasteiger partial charge in [0.1, 0.15) is 11.9 Å². The lowest BCUT2D eigenvalue weighted by molar-refractivity contribution is -0.417. The second-order valence-corrected chi connectivity index (χ2v) is 2.98. The zero-order chi connectivity index (χ0) is 12.8. The minimum absolute atomic E-state index is 0.442. The zero-order valence-corrected chi connectivity index (χ0v) is 9.72. The maximum atomic E-state index is 10.2. The molecule has 0 unspecified atom stereocenters. The lowest BCUT2D eigenvalue weighted by atomic mass is 10.1. The van der Waals surface area contributed by atoms with Gasteiger partial charge in [-0.1, -0.05) is 6.07 Å². The first kappa shape index (κ1) is 12.8. The molecule has 0 aliphatic carbocycles. The minimum Gasteiger partial charge on any atom is -0.515 e. The van der Waals surface area contributed by atoms with Crippen molar-refractivity contribution in [2.75, 3.05) is 21.3 Å². The van der Waals surface area contributed by atoms with Crippen molar-refractivity contribution in [3.05, 3.63) is 34.0 Å². The van der Waals surface area contributed by atoms with Gasteiger partial charge in [-0.3, -0.25) is 10.1 Å². The second-order valence-electron chi connectivity index (χ2n) is 2.98. The van der Waals surface area contributed by atoms with E-state index in [0.717, 1.165) is 0 Å². The molecule has 0 saturated carbocycles. The molecule has 0 N–H and O–H groups in total. The topological polar surface area (TPSA) is 70.8 Å². The minimum atomic E-state index is -0.670. The molecule has 17 heavy (non-hydrogen) atoms. The predicted molar refractivity (Wildman–Crippen MR) is 60.8 cm³/mol. The van der Waals surface area contributed by atoms with Gasteiger partial charge in [-0.15, -0.1) is 5.56 Å². The average Bonchev–Trinajstić information content (AvgIpc) is 2.34. The van der Waals surface area contributed by atoms with E-state index in [4.69, 9.17) is 14.2 Å². The van der Waals surface area contributed by atoms with Gasteiger partial charge >= 0.3 is 0 Å². The standard InChI is InChI=1S/C11H12NO5/c1-15-9-7-11(17-3)10(16-2)6-8(9)4-5-12(13)14/h4,6-7H,1-3H3/q-1. The van der Waals surface area contributed by atoms with Gasteiger partial charge in [-0.05, 0) is 4.92 Å². The van der Waals surface area contributed by atoms with Crippen LogP contribution in [0, 0.1) is 16.3 Å². The van der Waals surface area contributed by atoms with E-state index in [1.54, 1.807) is 12.1 Å². The van der Waals surface area contributed by atoms with Crippen molar-refractivity contribution in [1.82, 2.24) is 0 Å². The number of hydrogen-bond donors (Lipinski definition) is 0. The Balaban J connectivity index is 3.23. The van der Waals surface area contributed by atoms with E-state index in [9.17, 15) is 10.1 Å². The summed E-state index contributed by atoms with van der Waals surface area (Å²) in [5.74, 6) is 1.39. The maximum absolute atomic E-state index is 10.2. The summed E-state index contributed by atoms with van der Waals surface area (Å²) in [6.45, 7) is 0. The Kier molecular flexibility index (Phi) is 4.33. The Morgan fingerprint density at radius 2 is 1.65 bits per heavy atom. The fourth-order valence-corrected chi connectivity index (χ4v) is 1.29. The summed E-state index contributed by atoms with van der Waals surface area (Å²) >= 11 is 0. The Hall–Kier alpha value is -2.24. The molecular weight excluding hydrogens is 226 g/mol. The molecule has 0 saturated heterocycles. The molecule has 0 fully saturated rings. The number of rotatable bonds is 5. The molecule has 0 amide bonds. The van der Waals surface area contributed by atoms with E-state index < -0.39 is 4.92 Å². The van der Waals surface area contributed by atoms with Gasteiger partial charge in [0.05, 0.1) is 21.3 Å². The van der Waals surface area contributed by atoms with E-state index in [0.29, 0.717) is 22.8 Å². The van der Waals surface area contributed by atoms with Crippen LogP contribution in [-0.2, 0) is 0 Å². The molecule has 0 atom stereocenters. The number of nitro groups is 1. The van der Waals surface area contributed by atoms with E-state index in [1.807, 2.05) is 6.20 Å². The Morgan fingerprint density at radius 1 is 1.12 bits per heavy atom. The molecule has 0 radical (unpaired) electrons. The van der Waals surface area contributed by atoms with Crippen LogP contribution in [0.3, 0.4) is 0 Å². The summed E-state index contributed by atoms with van der Waals surface area (Å²) in [6.07, 6.45) is 3.16. The highest BCUT2D eigenvalue weighted by molar-refractivity contribution is 5.62. The van der Waals surface area contributed by atoms with Crippen LogP contribution in [0.4, 0.5) is 0 Å². The van der Waals surface area contributed by atoms with Gasteiger partial charge < -0.3 is 14.2 Å². The third-order valence-corrected chi connectivity index (χ3v) is 2.06. The zero-order valence-electron chi connectivity index (χ0n) is 9.72. The molecule has 6 nitrogen and oxygen atoms in total.